The van der Waals surface area contributed by atoms with E-state index in [4.69, 9.17) is 0 Å². The van der Waals surface area contributed by atoms with Crippen molar-refractivity contribution in [3.63, 3.8) is 0 Å². The molecule has 146 valence electrons. The Hall–Kier alpha value is -3.32. The van der Waals surface area contributed by atoms with E-state index >= 15 is 0 Å². The summed E-state index contributed by atoms with van der Waals surface area (Å²) in [6.07, 6.45) is 1.73. The van der Waals surface area contributed by atoms with E-state index in [0.29, 0.717) is 24.3 Å². The second kappa shape index (κ2) is 8.79. The predicted molar refractivity (Wildman–Crippen MR) is 115 cm³/mol. The third-order valence-corrected chi connectivity index (χ3v) is 5.49. The Labute approximate surface area is 173 Å². The Morgan fingerprint density at radius 1 is 1.03 bits per heavy atom. The number of urea groups is 1. The Kier molecular flexibility index (Phi) is 5.76. The fraction of sp³-hybridized carbons (Fsp3) is 0.136. The topological polar surface area (TPSA) is 74.3 Å². The van der Waals surface area contributed by atoms with E-state index in [1.54, 1.807) is 47.1 Å². The number of nitrogens with one attached hydrogen (secondary N) is 2. The summed E-state index contributed by atoms with van der Waals surface area (Å²) in [5.41, 5.74) is 2.90. The summed E-state index contributed by atoms with van der Waals surface area (Å²) in [6.45, 7) is 1.05. The Balaban J connectivity index is 1.42. The molecule has 4 rings (SSSR count). The number of hydrogen-bond donors (Lipinski definition) is 2. The number of carbonyl (C=O) groups is 2. The summed E-state index contributed by atoms with van der Waals surface area (Å²) in [4.78, 5) is 31.3. The molecule has 2 aromatic carbocycles. The highest BCUT2D eigenvalue weighted by molar-refractivity contribution is 7.99. The average Bonchev–Trinajstić information content (AvgIpc) is 2.78. The van der Waals surface area contributed by atoms with Crippen LogP contribution in [0.5, 0.6) is 0 Å². The summed E-state index contributed by atoms with van der Waals surface area (Å²) in [7, 11) is 0. The average molecular weight is 404 g/mol. The molecule has 0 spiro atoms. The zero-order chi connectivity index (χ0) is 20.1. The number of rotatable bonds is 4. The lowest BCUT2D eigenvalue weighted by atomic mass is 10.1. The molecule has 1 aromatic heterocycles. The molecule has 7 heteroatoms. The lowest BCUT2D eigenvalue weighted by molar-refractivity contribution is 0.0951. The van der Waals surface area contributed by atoms with Gasteiger partial charge in [0.15, 0.2) is 0 Å². The van der Waals surface area contributed by atoms with Crippen molar-refractivity contribution in [3.05, 3.63) is 84.1 Å². The van der Waals surface area contributed by atoms with Gasteiger partial charge in [-0.2, -0.15) is 0 Å². The normalized spacial score (nSPS) is 12.8. The van der Waals surface area contributed by atoms with E-state index in [2.05, 4.69) is 15.6 Å². The molecule has 29 heavy (non-hydrogen) atoms. The molecule has 3 aromatic rings. The molecule has 2 N–H and O–H groups in total. The molecule has 0 unspecified atom stereocenters. The monoisotopic (exact) mass is 404 g/mol. The highest BCUT2D eigenvalue weighted by Gasteiger charge is 2.23. The van der Waals surface area contributed by atoms with Crippen LogP contribution in [0, 0.1) is 0 Å². The van der Waals surface area contributed by atoms with E-state index in [9.17, 15) is 9.59 Å². The number of anilines is 2. The van der Waals surface area contributed by atoms with Gasteiger partial charge in [0.2, 0.25) is 0 Å². The highest BCUT2D eigenvalue weighted by Crippen LogP contribution is 2.32. The van der Waals surface area contributed by atoms with Gasteiger partial charge in [-0.05, 0) is 35.9 Å². The van der Waals surface area contributed by atoms with Gasteiger partial charge in [-0.15, -0.1) is 11.8 Å². The van der Waals surface area contributed by atoms with Gasteiger partial charge in [-0.1, -0.05) is 36.4 Å². The Bertz CT molecular complexity index is 1030. The van der Waals surface area contributed by atoms with Crippen LogP contribution >= 0.6 is 11.8 Å². The minimum atomic E-state index is -0.235. The number of amides is 3. The third-order valence-electron chi connectivity index (χ3n) is 4.51. The first-order valence-corrected chi connectivity index (χ1v) is 10.3. The molecule has 0 fully saturated rings. The van der Waals surface area contributed by atoms with E-state index in [1.807, 2.05) is 42.5 Å². The number of fused-ring (bicyclic) bond motifs is 1. The lowest BCUT2D eigenvalue weighted by Crippen LogP contribution is -2.38. The lowest BCUT2D eigenvalue weighted by Gasteiger charge is -2.28. The summed E-state index contributed by atoms with van der Waals surface area (Å²) >= 11 is 1.64. The van der Waals surface area contributed by atoms with Crippen LogP contribution in [0.15, 0.2) is 78.0 Å². The van der Waals surface area contributed by atoms with Gasteiger partial charge in [-0.25, -0.2) is 9.78 Å². The van der Waals surface area contributed by atoms with Crippen molar-refractivity contribution < 1.29 is 9.59 Å². The fourth-order valence-corrected chi connectivity index (χ4v) is 4.00. The van der Waals surface area contributed by atoms with Crippen LogP contribution in [0.2, 0.25) is 0 Å². The van der Waals surface area contributed by atoms with Crippen LogP contribution in [-0.4, -0.2) is 29.2 Å². The Morgan fingerprint density at radius 3 is 2.76 bits per heavy atom. The zero-order valence-corrected chi connectivity index (χ0v) is 16.5. The number of aromatic nitrogens is 1. The maximum Gasteiger partial charge on any atom is 0.326 e. The molecular formula is C22H20N4O2S. The molecule has 1 aliphatic rings. The first kappa shape index (κ1) is 19.0. The molecule has 6 nitrogen and oxygen atoms in total. The van der Waals surface area contributed by atoms with Crippen molar-refractivity contribution in [3.8, 4) is 0 Å². The SMILES string of the molecule is O=C(NCc1ccccc1)c1cccc(NC(=O)N2CCSc3ncccc32)c1. The largest absolute Gasteiger partial charge is 0.348 e. The second-order valence-corrected chi connectivity index (χ2v) is 7.59. The van der Waals surface area contributed by atoms with Crippen LogP contribution in [0.25, 0.3) is 0 Å². The van der Waals surface area contributed by atoms with E-state index in [0.717, 1.165) is 22.0 Å². The van der Waals surface area contributed by atoms with Crippen molar-refractivity contribution >= 4 is 35.1 Å². The van der Waals surface area contributed by atoms with E-state index in [1.165, 1.54) is 0 Å². The second-order valence-electron chi connectivity index (χ2n) is 6.51. The number of nitrogens with zero attached hydrogens (tertiary/aromatic N) is 2. The first-order chi connectivity index (χ1) is 14.2. The van der Waals surface area contributed by atoms with Crippen molar-refractivity contribution in [2.24, 2.45) is 0 Å². The number of benzene rings is 2. The summed E-state index contributed by atoms with van der Waals surface area (Å²) in [5, 5.41) is 6.64. The number of thioether (sulfide) groups is 1. The summed E-state index contributed by atoms with van der Waals surface area (Å²) < 4.78 is 0. The molecule has 0 saturated carbocycles. The van der Waals surface area contributed by atoms with Crippen LogP contribution in [0.1, 0.15) is 15.9 Å². The van der Waals surface area contributed by atoms with Crippen molar-refractivity contribution in [2.45, 2.75) is 11.6 Å². The maximum absolute atomic E-state index is 12.8. The quantitative estimate of drug-likeness (QED) is 0.685. The van der Waals surface area contributed by atoms with Gasteiger partial charge in [0, 0.05) is 36.3 Å². The molecule has 0 saturated heterocycles. The van der Waals surface area contributed by atoms with E-state index < -0.39 is 0 Å². The smallest absolute Gasteiger partial charge is 0.326 e. The standard InChI is InChI=1S/C22H20N4O2S/c27-20(24-15-16-6-2-1-3-7-16)17-8-4-9-18(14-17)25-22(28)26-12-13-29-21-19(26)10-5-11-23-21/h1-11,14H,12-13,15H2,(H,24,27)(H,25,28). The first-order valence-electron chi connectivity index (χ1n) is 9.29. The van der Waals surface area contributed by atoms with Crippen molar-refractivity contribution in [1.82, 2.24) is 10.3 Å². The third kappa shape index (κ3) is 4.57. The van der Waals surface area contributed by atoms with Crippen LogP contribution in [0.4, 0.5) is 16.2 Å². The van der Waals surface area contributed by atoms with Crippen molar-refractivity contribution in [2.75, 3.05) is 22.5 Å². The number of hydrogen-bond acceptors (Lipinski definition) is 4. The van der Waals surface area contributed by atoms with Gasteiger partial charge in [0.25, 0.3) is 5.91 Å². The molecule has 3 amide bonds. The van der Waals surface area contributed by atoms with E-state index in [-0.39, 0.29) is 11.9 Å². The maximum atomic E-state index is 12.8. The summed E-state index contributed by atoms with van der Waals surface area (Å²) in [5.74, 6) is 0.605. The highest BCUT2D eigenvalue weighted by atomic mass is 32.2. The van der Waals surface area contributed by atoms with Gasteiger partial charge in [0.05, 0.1) is 5.69 Å². The zero-order valence-electron chi connectivity index (χ0n) is 15.7. The van der Waals surface area contributed by atoms with Gasteiger partial charge >= 0.3 is 6.03 Å². The Morgan fingerprint density at radius 2 is 1.90 bits per heavy atom. The van der Waals surface area contributed by atoms with Gasteiger partial charge in [0.1, 0.15) is 5.03 Å². The molecule has 1 aliphatic heterocycles. The van der Waals surface area contributed by atoms with Gasteiger partial charge in [-0.3, -0.25) is 9.69 Å². The molecule has 0 radical (unpaired) electrons. The molecule has 0 aliphatic carbocycles. The van der Waals surface area contributed by atoms with Gasteiger partial charge < -0.3 is 10.6 Å². The minimum Gasteiger partial charge on any atom is -0.348 e. The molecule has 0 atom stereocenters. The predicted octanol–water partition coefficient (Wildman–Crippen LogP) is 4.16. The van der Waals surface area contributed by atoms with Crippen LogP contribution < -0.4 is 15.5 Å². The summed E-state index contributed by atoms with van der Waals surface area (Å²) in [6, 6.07) is 20.1. The fourth-order valence-electron chi connectivity index (χ4n) is 3.07. The molecule has 0 bridgehead atoms. The van der Waals surface area contributed by atoms with Crippen molar-refractivity contribution in [1.29, 1.82) is 0 Å². The number of pyridine rings is 1. The van der Waals surface area contributed by atoms with Crippen LogP contribution in [-0.2, 0) is 6.54 Å². The minimum absolute atomic E-state index is 0.186. The van der Waals surface area contributed by atoms with Crippen LogP contribution in [0.3, 0.4) is 0 Å². The number of carbonyl (C=O) groups excluding carboxylic acids is 2. The molecular weight excluding hydrogens is 384 g/mol. The molecule has 2 heterocycles.